The molecule has 0 bridgehead atoms. The zero-order valence-corrected chi connectivity index (χ0v) is 35.7. The summed E-state index contributed by atoms with van der Waals surface area (Å²) in [6, 6.07) is 14.6. The number of carbonyl (C=O) groups is 7. The molecule has 3 aromatic carbocycles. The molecule has 3 aromatic rings. The Kier molecular flexibility index (Phi) is 12.3. The van der Waals surface area contributed by atoms with E-state index in [4.69, 9.17) is 15.2 Å². The van der Waals surface area contributed by atoms with Gasteiger partial charge in [-0.3, -0.25) is 33.8 Å². The largest absolute Gasteiger partial charge is 0.510 e. The number of phenolic OH excluding ortho intramolecular Hbond substituents is 1. The van der Waals surface area contributed by atoms with Crippen molar-refractivity contribution in [1.82, 2.24) is 9.80 Å². The number of aliphatic hydroxyl groups is 3. The van der Waals surface area contributed by atoms with Gasteiger partial charge in [0.25, 0.3) is 5.91 Å². The number of phenols is 1. The first-order valence-electron chi connectivity index (χ1n) is 19.8. The number of carbonyl (C=O) groups excluding carboxylic acids is 7. The van der Waals surface area contributed by atoms with E-state index >= 15 is 0 Å². The van der Waals surface area contributed by atoms with E-state index in [0.29, 0.717) is 22.4 Å². The molecule has 0 unspecified atom stereocenters. The van der Waals surface area contributed by atoms with Gasteiger partial charge in [0.1, 0.15) is 23.6 Å². The number of nitrogens with one attached hydrogen (secondary N) is 1. The van der Waals surface area contributed by atoms with Crippen LogP contribution in [0.1, 0.15) is 69.4 Å². The summed E-state index contributed by atoms with van der Waals surface area (Å²) in [7, 11) is 6.39. The van der Waals surface area contributed by atoms with Gasteiger partial charge in [-0.2, -0.15) is 0 Å². The molecule has 18 heteroatoms. The number of fused-ring (bicyclic) bond motifs is 3. The molecule has 0 aromatic heterocycles. The summed E-state index contributed by atoms with van der Waals surface area (Å²) in [5.41, 5.74) is 1.30. The minimum Gasteiger partial charge on any atom is -0.510 e. The Morgan fingerprint density at radius 1 is 0.889 bits per heavy atom. The lowest BCUT2D eigenvalue weighted by molar-refractivity contribution is -0.148. The molecule has 63 heavy (non-hydrogen) atoms. The van der Waals surface area contributed by atoms with Gasteiger partial charge in [0.2, 0.25) is 18.5 Å². The number of anilines is 2. The SMILES string of the molecule is CN(C)c1cc(NC(=O)CN(C(=O)OCOC(=O)c2ccc(C(=O)c3ccccc3)cc2)C(C)(C)C)c(O)c2c1C[C@H]1C[C@H]3[C@H](N(C)C)C(O)=C(C(N)=O)C(=O)[C@@]3(O)C(O)=C1C2=O. The molecule has 0 saturated carbocycles. The number of rotatable bonds is 11. The van der Waals surface area contributed by atoms with Gasteiger partial charge >= 0.3 is 12.1 Å². The molecule has 0 radical (unpaired) electrons. The van der Waals surface area contributed by atoms with E-state index in [0.717, 1.165) is 4.90 Å². The maximum Gasteiger partial charge on any atom is 0.413 e. The maximum atomic E-state index is 14.4. The zero-order valence-electron chi connectivity index (χ0n) is 35.7. The van der Waals surface area contributed by atoms with Crippen molar-refractivity contribution in [3.8, 4) is 5.75 Å². The standard InChI is InChI=1S/C45H49N5O13/c1-44(2,3)50(43(60)63-21-62-42(59)24-15-13-23(14-16-24)35(52)22-11-9-8-10-12-22)20-30(51)47-28-19-29(48(4)5)26-17-25-18-27-34(49(6)7)38(55)33(41(46)58)40(57)45(27,61)39(56)31(25)37(54)32(26)36(28)53/h8-16,19,25,27,34,53,55-56,61H,17-18,20-21H2,1-7H3,(H2,46,58)(H,47,51)/t25-,27-,34-,45-/m0/s1. The van der Waals surface area contributed by atoms with Crippen LogP contribution in [-0.2, 0) is 30.3 Å². The van der Waals surface area contributed by atoms with E-state index in [1.54, 1.807) is 70.1 Å². The average Bonchev–Trinajstić information content (AvgIpc) is 3.21. The number of esters is 1. The normalized spacial score (nSPS) is 20.6. The van der Waals surface area contributed by atoms with Crippen LogP contribution in [-0.4, -0.2) is 130 Å². The van der Waals surface area contributed by atoms with Crippen LogP contribution in [0.3, 0.4) is 0 Å². The highest BCUT2D eigenvalue weighted by atomic mass is 16.7. The maximum absolute atomic E-state index is 14.4. The number of aromatic hydroxyl groups is 1. The fraction of sp³-hybridized carbons (Fsp3) is 0.356. The van der Waals surface area contributed by atoms with E-state index in [1.807, 2.05) is 0 Å². The van der Waals surface area contributed by atoms with E-state index < -0.39 is 106 Å². The summed E-state index contributed by atoms with van der Waals surface area (Å²) in [4.78, 5) is 97.0. The van der Waals surface area contributed by atoms with Crippen molar-refractivity contribution in [3.05, 3.63) is 111 Å². The molecular weight excluding hydrogens is 819 g/mol. The second kappa shape index (κ2) is 17.0. The van der Waals surface area contributed by atoms with Gasteiger partial charge in [0, 0.05) is 47.9 Å². The first-order valence-corrected chi connectivity index (χ1v) is 19.8. The van der Waals surface area contributed by atoms with Gasteiger partial charge in [-0.1, -0.05) is 42.5 Å². The molecule has 7 N–H and O–H groups in total. The highest BCUT2D eigenvalue weighted by molar-refractivity contribution is 6.25. The summed E-state index contributed by atoms with van der Waals surface area (Å²) in [5, 5.41) is 48.9. The molecular formula is C45H49N5O13. The van der Waals surface area contributed by atoms with Gasteiger partial charge in [-0.05, 0) is 77.4 Å². The zero-order chi connectivity index (χ0) is 46.5. The Morgan fingerprint density at radius 3 is 2.06 bits per heavy atom. The van der Waals surface area contributed by atoms with Crippen molar-refractivity contribution >= 4 is 52.6 Å². The second-order valence-corrected chi connectivity index (χ2v) is 17.0. The third-order valence-corrected chi connectivity index (χ3v) is 11.6. The number of hydrogen-bond acceptors (Lipinski definition) is 15. The van der Waals surface area contributed by atoms with Crippen molar-refractivity contribution in [2.75, 3.05) is 51.7 Å². The molecule has 4 atom stereocenters. The highest BCUT2D eigenvalue weighted by Gasteiger charge is 2.63. The second-order valence-electron chi connectivity index (χ2n) is 17.0. The minimum absolute atomic E-state index is 0.0112. The van der Waals surface area contributed by atoms with Gasteiger partial charge in [-0.25, -0.2) is 9.59 Å². The molecule has 0 aliphatic heterocycles. The lowest BCUT2D eigenvalue weighted by Gasteiger charge is -2.50. The molecule has 18 nitrogen and oxygen atoms in total. The number of ketones is 3. The van der Waals surface area contributed by atoms with Gasteiger partial charge in [-0.15, -0.1) is 0 Å². The number of amides is 3. The molecule has 3 amide bonds. The summed E-state index contributed by atoms with van der Waals surface area (Å²) >= 11 is 0. The number of hydrogen-bond donors (Lipinski definition) is 6. The Labute approximate surface area is 362 Å². The third kappa shape index (κ3) is 8.21. The topological polar surface area (TPSA) is 267 Å². The highest BCUT2D eigenvalue weighted by Crippen LogP contribution is 2.54. The van der Waals surface area contributed by atoms with Crippen molar-refractivity contribution in [2.45, 2.75) is 50.8 Å². The monoisotopic (exact) mass is 867 g/mol. The Bertz CT molecular complexity index is 2490. The smallest absolute Gasteiger partial charge is 0.413 e. The first kappa shape index (κ1) is 45.5. The predicted octanol–water partition coefficient (Wildman–Crippen LogP) is 3.41. The van der Waals surface area contributed by atoms with Crippen LogP contribution in [0, 0.1) is 11.8 Å². The van der Waals surface area contributed by atoms with Crippen molar-refractivity contribution in [1.29, 1.82) is 0 Å². The number of Topliss-reactive ketones (excluding diaryl/α,β-unsaturated/α-hetero) is 2. The molecule has 0 spiro atoms. The fourth-order valence-electron chi connectivity index (χ4n) is 8.51. The fourth-order valence-corrected chi connectivity index (χ4v) is 8.51. The average molecular weight is 868 g/mol. The molecule has 332 valence electrons. The van der Waals surface area contributed by atoms with Crippen molar-refractivity contribution < 1.29 is 63.5 Å². The van der Waals surface area contributed by atoms with Crippen LogP contribution in [0.25, 0.3) is 0 Å². The first-order chi connectivity index (χ1) is 29.5. The lowest BCUT2D eigenvalue weighted by Crippen LogP contribution is -2.63. The van der Waals surface area contributed by atoms with Crippen LogP contribution in [0.4, 0.5) is 16.2 Å². The number of allylic oxidation sites excluding steroid dienone is 1. The number of aliphatic hydroxyl groups excluding tert-OH is 2. The van der Waals surface area contributed by atoms with Gasteiger partial charge in [0.15, 0.2) is 22.9 Å². The molecule has 0 fully saturated rings. The van der Waals surface area contributed by atoms with Crippen molar-refractivity contribution in [3.63, 3.8) is 0 Å². The molecule has 3 aliphatic carbocycles. The number of ether oxygens (including phenoxy) is 2. The quantitative estimate of drug-likeness (QED) is 0.0530. The number of nitrogens with two attached hydrogens (primary N) is 1. The summed E-state index contributed by atoms with van der Waals surface area (Å²) in [6.45, 7) is 3.39. The van der Waals surface area contributed by atoms with Crippen LogP contribution in [0.5, 0.6) is 5.75 Å². The van der Waals surface area contributed by atoms with E-state index in [2.05, 4.69) is 5.32 Å². The van der Waals surface area contributed by atoms with Crippen molar-refractivity contribution in [2.24, 2.45) is 17.6 Å². The molecule has 0 heterocycles. The van der Waals surface area contributed by atoms with E-state index in [1.165, 1.54) is 49.3 Å². The van der Waals surface area contributed by atoms with E-state index in [9.17, 15) is 54.0 Å². The molecule has 0 saturated heterocycles. The summed E-state index contributed by atoms with van der Waals surface area (Å²) < 4.78 is 10.3. The molecule has 3 aliphatic rings. The summed E-state index contributed by atoms with van der Waals surface area (Å²) in [6.07, 6.45) is -1.14. The number of benzene rings is 3. The lowest BCUT2D eigenvalue weighted by atomic mass is 9.58. The minimum atomic E-state index is -2.84. The van der Waals surface area contributed by atoms with Crippen LogP contribution in [0.2, 0.25) is 0 Å². The number of likely N-dealkylation sites (N-methyl/N-ethyl adjacent to an activating group) is 1. The number of nitrogens with zero attached hydrogens (tertiary/aromatic N) is 3. The van der Waals surface area contributed by atoms with E-state index in [-0.39, 0.29) is 35.4 Å². The molecule has 6 rings (SSSR count). The Balaban J connectivity index is 1.20. The van der Waals surface area contributed by atoms with Crippen LogP contribution >= 0.6 is 0 Å². The van der Waals surface area contributed by atoms with Gasteiger partial charge in [0.05, 0.1) is 22.9 Å². The van der Waals surface area contributed by atoms with Crippen LogP contribution < -0.4 is 16.0 Å². The van der Waals surface area contributed by atoms with Crippen LogP contribution in [0.15, 0.2) is 83.3 Å². The predicted molar refractivity (Wildman–Crippen MR) is 226 cm³/mol. The Morgan fingerprint density at radius 2 is 1.49 bits per heavy atom. The number of primary amides is 1. The summed E-state index contributed by atoms with van der Waals surface area (Å²) in [5.74, 6) is -10.1. The third-order valence-electron chi connectivity index (χ3n) is 11.6. The Hall–Kier alpha value is -7.05. The van der Waals surface area contributed by atoms with Gasteiger partial charge < -0.3 is 45.9 Å².